The summed E-state index contributed by atoms with van der Waals surface area (Å²) in [5.74, 6) is 0.239. The van der Waals surface area contributed by atoms with Gasteiger partial charge < -0.3 is 5.11 Å². The summed E-state index contributed by atoms with van der Waals surface area (Å²) in [5.41, 5.74) is 5.79. The molecule has 0 saturated heterocycles. The summed E-state index contributed by atoms with van der Waals surface area (Å²) in [6.07, 6.45) is 0. The third-order valence-electron chi connectivity index (χ3n) is 4.98. The highest BCUT2D eigenvalue weighted by molar-refractivity contribution is 5.69. The molecule has 0 radical (unpaired) electrons. The predicted octanol–water partition coefficient (Wildman–Crippen LogP) is 3.78. The van der Waals surface area contributed by atoms with Crippen LogP contribution in [0.25, 0.3) is 0 Å². The first-order valence-corrected chi connectivity index (χ1v) is 7.32. The monoisotopic (exact) mass is 270 g/mol. The fourth-order valence-electron chi connectivity index (χ4n) is 4.17. The van der Waals surface area contributed by atoms with Crippen LogP contribution in [0, 0.1) is 0 Å². The maximum atomic E-state index is 11.7. The van der Waals surface area contributed by atoms with E-state index in [1.54, 1.807) is 0 Å². The Hall–Kier alpha value is -2.38. The molecule has 0 unspecified atom stereocenters. The van der Waals surface area contributed by atoms with Gasteiger partial charge in [0.1, 0.15) is 5.60 Å². The van der Waals surface area contributed by atoms with Crippen molar-refractivity contribution < 1.29 is 5.11 Å². The van der Waals surface area contributed by atoms with Gasteiger partial charge in [-0.25, -0.2) is 0 Å². The molecule has 100 valence electrons. The van der Waals surface area contributed by atoms with E-state index in [1.807, 2.05) is 18.2 Å². The van der Waals surface area contributed by atoms with Gasteiger partial charge >= 0.3 is 0 Å². The number of hydrogen-bond donors (Lipinski definition) is 1. The Labute approximate surface area is 123 Å². The van der Waals surface area contributed by atoms with Crippen molar-refractivity contribution in [2.24, 2.45) is 0 Å². The summed E-state index contributed by atoms with van der Waals surface area (Å²) in [4.78, 5) is 0. The Morgan fingerprint density at radius 3 is 1.29 bits per heavy atom. The Balaban J connectivity index is 2.00. The fraction of sp³-hybridized carbons (Fsp3) is 0.100. The molecule has 0 aromatic heterocycles. The minimum absolute atomic E-state index is 0.239. The SMILES string of the molecule is OC12c3ccccc3C(c3ccccc31)c1ccccc12. The van der Waals surface area contributed by atoms with Gasteiger partial charge in [-0.1, -0.05) is 72.8 Å². The molecular formula is C20H14O. The van der Waals surface area contributed by atoms with Crippen molar-refractivity contribution in [3.8, 4) is 0 Å². The highest BCUT2D eigenvalue weighted by Gasteiger charge is 2.50. The van der Waals surface area contributed by atoms with E-state index in [9.17, 15) is 5.11 Å². The van der Waals surface area contributed by atoms with Crippen LogP contribution >= 0.6 is 0 Å². The average molecular weight is 270 g/mol. The largest absolute Gasteiger partial charge is 0.376 e. The van der Waals surface area contributed by atoms with Gasteiger partial charge in [-0.2, -0.15) is 0 Å². The minimum Gasteiger partial charge on any atom is -0.376 e. The number of hydrogen-bond acceptors (Lipinski definition) is 1. The highest BCUT2D eigenvalue weighted by atomic mass is 16.3. The molecule has 3 aromatic carbocycles. The highest BCUT2D eigenvalue weighted by Crippen LogP contribution is 2.57. The van der Waals surface area contributed by atoms with E-state index in [4.69, 9.17) is 0 Å². The standard InChI is InChI=1S/C20H14O/c21-20-16-10-4-1-7-13(16)19(14-8-2-5-11-17(14)20)15-9-3-6-12-18(15)20/h1-12,19,21H. The van der Waals surface area contributed by atoms with Crippen LogP contribution in [0.5, 0.6) is 0 Å². The lowest BCUT2D eigenvalue weighted by Crippen LogP contribution is -2.41. The van der Waals surface area contributed by atoms with Gasteiger partial charge in [0, 0.05) is 5.92 Å². The average Bonchev–Trinajstić information content (AvgIpc) is 2.56. The maximum absolute atomic E-state index is 11.7. The fourth-order valence-corrected chi connectivity index (χ4v) is 4.17. The third kappa shape index (κ3) is 1.17. The van der Waals surface area contributed by atoms with Crippen molar-refractivity contribution in [2.75, 3.05) is 0 Å². The summed E-state index contributed by atoms with van der Waals surface area (Å²) in [6, 6.07) is 24.9. The molecule has 0 amide bonds. The number of benzene rings is 3. The van der Waals surface area contributed by atoms with Crippen LogP contribution in [0.3, 0.4) is 0 Å². The summed E-state index contributed by atoms with van der Waals surface area (Å²) in [5, 5.41) is 11.7. The van der Waals surface area contributed by atoms with Gasteiger partial charge in [0.05, 0.1) is 0 Å². The van der Waals surface area contributed by atoms with Crippen LogP contribution in [0.4, 0.5) is 0 Å². The van der Waals surface area contributed by atoms with Gasteiger partial charge in [-0.15, -0.1) is 0 Å². The molecule has 0 aliphatic heterocycles. The lowest BCUT2D eigenvalue weighted by atomic mass is 9.59. The van der Waals surface area contributed by atoms with Gasteiger partial charge in [0.2, 0.25) is 0 Å². The topological polar surface area (TPSA) is 20.2 Å². The molecule has 0 heterocycles. The van der Waals surface area contributed by atoms with E-state index in [2.05, 4.69) is 54.6 Å². The lowest BCUT2D eigenvalue weighted by Gasteiger charge is -2.47. The predicted molar refractivity (Wildman–Crippen MR) is 82.4 cm³/mol. The Morgan fingerprint density at radius 2 is 0.905 bits per heavy atom. The molecule has 2 bridgehead atoms. The zero-order chi connectivity index (χ0) is 14.0. The zero-order valence-corrected chi connectivity index (χ0v) is 11.5. The summed E-state index contributed by atoms with van der Waals surface area (Å²) in [6.45, 7) is 0. The molecule has 1 N–H and O–H groups in total. The van der Waals surface area contributed by atoms with E-state index < -0.39 is 5.60 Å². The molecule has 0 saturated carbocycles. The first-order valence-electron chi connectivity index (χ1n) is 7.32. The lowest BCUT2D eigenvalue weighted by molar-refractivity contribution is 0.113. The quantitative estimate of drug-likeness (QED) is 0.659. The molecule has 3 aliphatic rings. The molecule has 3 aliphatic carbocycles. The Morgan fingerprint density at radius 1 is 0.571 bits per heavy atom. The normalized spacial score (nSPS) is 24.1. The summed E-state index contributed by atoms with van der Waals surface area (Å²) >= 11 is 0. The minimum atomic E-state index is -1.02. The summed E-state index contributed by atoms with van der Waals surface area (Å²) in [7, 11) is 0. The maximum Gasteiger partial charge on any atom is 0.141 e. The molecule has 1 heteroatoms. The van der Waals surface area contributed by atoms with Crippen LogP contribution in [0.2, 0.25) is 0 Å². The first-order chi connectivity index (χ1) is 10.3. The molecule has 0 fully saturated rings. The van der Waals surface area contributed by atoms with E-state index in [0.29, 0.717) is 0 Å². The van der Waals surface area contributed by atoms with Gasteiger partial charge in [0.15, 0.2) is 0 Å². The van der Waals surface area contributed by atoms with Crippen molar-refractivity contribution in [3.05, 3.63) is 106 Å². The van der Waals surface area contributed by atoms with Crippen LogP contribution in [0.1, 0.15) is 39.3 Å². The van der Waals surface area contributed by atoms with E-state index in [0.717, 1.165) is 16.7 Å². The second-order valence-electron chi connectivity index (χ2n) is 5.91. The van der Waals surface area contributed by atoms with Crippen LogP contribution in [0.15, 0.2) is 72.8 Å². The Bertz CT molecular complexity index is 763. The zero-order valence-electron chi connectivity index (χ0n) is 11.5. The smallest absolute Gasteiger partial charge is 0.141 e. The molecule has 3 aromatic rings. The molecule has 21 heavy (non-hydrogen) atoms. The van der Waals surface area contributed by atoms with Gasteiger partial charge in [-0.3, -0.25) is 0 Å². The second kappa shape index (κ2) is 3.63. The van der Waals surface area contributed by atoms with E-state index in [-0.39, 0.29) is 5.92 Å². The molecule has 6 rings (SSSR count). The van der Waals surface area contributed by atoms with E-state index in [1.165, 1.54) is 16.7 Å². The number of rotatable bonds is 0. The van der Waals surface area contributed by atoms with Crippen molar-refractivity contribution in [2.45, 2.75) is 11.5 Å². The van der Waals surface area contributed by atoms with Crippen LogP contribution in [-0.4, -0.2) is 5.11 Å². The molecular weight excluding hydrogens is 256 g/mol. The van der Waals surface area contributed by atoms with Crippen molar-refractivity contribution in [1.29, 1.82) is 0 Å². The van der Waals surface area contributed by atoms with Gasteiger partial charge in [0.25, 0.3) is 0 Å². The van der Waals surface area contributed by atoms with Crippen molar-refractivity contribution in [3.63, 3.8) is 0 Å². The Kier molecular flexibility index (Phi) is 1.95. The van der Waals surface area contributed by atoms with Crippen molar-refractivity contribution in [1.82, 2.24) is 0 Å². The van der Waals surface area contributed by atoms with Crippen LogP contribution in [-0.2, 0) is 5.60 Å². The number of aliphatic hydroxyl groups is 1. The summed E-state index contributed by atoms with van der Waals surface area (Å²) < 4.78 is 0. The molecule has 0 spiro atoms. The van der Waals surface area contributed by atoms with Crippen LogP contribution < -0.4 is 0 Å². The molecule has 0 atom stereocenters. The van der Waals surface area contributed by atoms with Crippen molar-refractivity contribution >= 4 is 0 Å². The third-order valence-corrected chi connectivity index (χ3v) is 4.98. The van der Waals surface area contributed by atoms with Gasteiger partial charge in [-0.05, 0) is 33.4 Å². The first kappa shape index (κ1) is 11.3. The second-order valence-corrected chi connectivity index (χ2v) is 5.91. The van der Waals surface area contributed by atoms with E-state index >= 15 is 0 Å². The molecule has 1 nitrogen and oxygen atoms in total.